The molecular formula is C16H21ClN2O4S. The second kappa shape index (κ2) is 6.90. The molecule has 3 rings (SSSR count). The number of nitrogens with zero attached hydrogens (tertiary/aromatic N) is 1. The second-order valence-electron chi connectivity index (χ2n) is 6.54. The number of fused-ring (bicyclic) bond motifs is 1. The summed E-state index contributed by atoms with van der Waals surface area (Å²) in [5.41, 5.74) is 0.564. The number of carbonyl (C=O) groups is 1. The van der Waals surface area contributed by atoms with Crippen LogP contribution in [0, 0.1) is 11.8 Å². The molecule has 2 aliphatic heterocycles. The highest BCUT2D eigenvalue weighted by atomic mass is 35.5. The Bertz CT molecular complexity index is 738. The van der Waals surface area contributed by atoms with Crippen molar-refractivity contribution >= 4 is 27.5 Å². The van der Waals surface area contributed by atoms with Crippen molar-refractivity contribution in [3.8, 4) is 0 Å². The van der Waals surface area contributed by atoms with Gasteiger partial charge in [-0.1, -0.05) is 11.6 Å². The number of ether oxygens (including phenoxy) is 1. The first kappa shape index (κ1) is 17.5. The molecule has 2 aliphatic rings. The van der Waals surface area contributed by atoms with Gasteiger partial charge in [-0.05, 0) is 55.1 Å². The van der Waals surface area contributed by atoms with Crippen molar-refractivity contribution in [2.45, 2.75) is 17.9 Å². The van der Waals surface area contributed by atoms with Gasteiger partial charge in [0.15, 0.2) is 9.84 Å². The molecule has 8 heteroatoms. The summed E-state index contributed by atoms with van der Waals surface area (Å²) in [5.74, 6) is 1.15. The van der Waals surface area contributed by atoms with Gasteiger partial charge in [-0.2, -0.15) is 0 Å². The van der Waals surface area contributed by atoms with Crippen molar-refractivity contribution in [3.63, 3.8) is 0 Å². The van der Waals surface area contributed by atoms with Crippen LogP contribution in [-0.2, 0) is 21.2 Å². The van der Waals surface area contributed by atoms with E-state index in [2.05, 4.69) is 5.32 Å². The average molecular weight is 373 g/mol. The van der Waals surface area contributed by atoms with Gasteiger partial charge in [0.2, 0.25) is 0 Å². The van der Waals surface area contributed by atoms with Crippen LogP contribution in [0.1, 0.15) is 12.0 Å². The van der Waals surface area contributed by atoms with E-state index in [9.17, 15) is 13.2 Å². The first-order valence-corrected chi connectivity index (χ1v) is 10.2. The van der Waals surface area contributed by atoms with Gasteiger partial charge in [-0.3, -0.25) is 0 Å². The lowest BCUT2D eigenvalue weighted by Crippen LogP contribution is -2.43. The molecule has 1 N–H and O–H groups in total. The van der Waals surface area contributed by atoms with Gasteiger partial charge in [-0.25, -0.2) is 13.2 Å². The van der Waals surface area contributed by atoms with Crippen molar-refractivity contribution < 1.29 is 17.9 Å². The highest BCUT2D eigenvalue weighted by molar-refractivity contribution is 7.90. The fourth-order valence-corrected chi connectivity index (χ4v) is 4.38. The monoisotopic (exact) mass is 372 g/mol. The third-order valence-electron chi connectivity index (χ3n) is 4.68. The van der Waals surface area contributed by atoms with Gasteiger partial charge in [0.25, 0.3) is 0 Å². The number of hydrogen-bond acceptors (Lipinski definition) is 5. The largest absolute Gasteiger partial charge is 0.445 e. The number of likely N-dealkylation sites (tertiary alicyclic amines) is 1. The summed E-state index contributed by atoms with van der Waals surface area (Å²) in [6.07, 6.45) is 1.75. The number of carbonyl (C=O) groups excluding carboxylic acids is 1. The molecule has 132 valence electrons. The quantitative estimate of drug-likeness (QED) is 0.877. The van der Waals surface area contributed by atoms with Crippen LogP contribution in [0.2, 0.25) is 5.02 Å². The van der Waals surface area contributed by atoms with Crippen LogP contribution in [0.25, 0.3) is 0 Å². The van der Waals surface area contributed by atoms with Crippen LogP contribution in [0.15, 0.2) is 23.1 Å². The van der Waals surface area contributed by atoms with E-state index in [4.69, 9.17) is 16.3 Å². The smallest absolute Gasteiger partial charge is 0.410 e. The molecular weight excluding hydrogens is 352 g/mol. The minimum Gasteiger partial charge on any atom is -0.445 e. The number of amides is 1. The summed E-state index contributed by atoms with van der Waals surface area (Å²) >= 11 is 5.96. The Labute approximate surface area is 147 Å². The molecule has 0 aliphatic carbocycles. The fourth-order valence-electron chi connectivity index (χ4n) is 3.36. The summed E-state index contributed by atoms with van der Waals surface area (Å²) in [7, 11) is -3.36. The minimum absolute atomic E-state index is 0.00472. The Hall–Kier alpha value is -1.31. The number of halogens is 1. The van der Waals surface area contributed by atoms with Gasteiger partial charge in [0.1, 0.15) is 6.61 Å². The van der Waals surface area contributed by atoms with Crippen LogP contribution in [0.5, 0.6) is 0 Å². The molecule has 1 aromatic carbocycles. The molecule has 2 fully saturated rings. The highest BCUT2D eigenvalue weighted by Gasteiger charge is 2.34. The van der Waals surface area contributed by atoms with Crippen LogP contribution in [0.3, 0.4) is 0 Å². The standard InChI is InChI=1S/C16H21ClN2O4S/c1-24(21,22)15-5-11(4-14(17)6-15)10-23-16(20)19-3-2-12-7-18-8-13(12)9-19/h4-6,12-13,18H,2-3,7-10H2,1H3/t12-,13+/m0/s1. The predicted molar refractivity (Wildman–Crippen MR) is 90.8 cm³/mol. The lowest BCUT2D eigenvalue weighted by molar-refractivity contribution is 0.0730. The van der Waals surface area contributed by atoms with Gasteiger partial charge in [-0.15, -0.1) is 0 Å². The molecule has 24 heavy (non-hydrogen) atoms. The Morgan fingerprint density at radius 1 is 1.33 bits per heavy atom. The van der Waals surface area contributed by atoms with E-state index < -0.39 is 9.84 Å². The topological polar surface area (TPSA) is 75.7 Å². The van der Waals surface area contributed by atoms with Crippen LogP contribution >= 0.6 is 11.6 Å². The number of hydrogen-bond donors (Lipinski definition) is 1. The molecule has 0 bridgehead atoms. The van der Waals surface area contributed by atoms with Crippen LogP contribution < -0.4 is 5.32 Å². The van der Waals surface area contributed by atoms with Crippen molar-refractivity contribution in [1.82, 2.24) is 10.2 Å². The van der Waals surface area contributed by atoms with Crippen molar-refractivity contribution in [2.24, 2.45) is 11.8 Å². The van der Waals surface area contributed by atoms with E-state index in [1.54, 1.807) is 11.0 Å². The molecule has 1 aromatic rings. The first-order chi connectivity index (χ1) is 11.3. The third-order valence-corrected chi connectivity index (χ3v) is 5.99. The number of sulfone groups is 1. The maximum Gasteiger partial charge on any atom is 0.410 e. The fraction of sp³-hybridized carbons (Fsp3) is 0.562. The Balaban J connectivity index is 1.61. The SMILES string of the molecule is CS(=O)(=O)c1cc(Cl)cc(COC(=O)N2CC[C@H]3CNC[C@@H]3C2)c1. The summed E-state index contributed by atoms with van der Waals surface area (Å²) in [5, 5.41) is 3.67. The molecule has 1 amide bonds. The zero-order valence-electron chi connectivity index (χ0n) is 13.5. The lowest BCUT2D eigenvalue weighted by Gasteiger charge is -2.33. The zero-order chi connectivity index (χ0) is 17.3. The van der Waals surface area contributed by atoms with E-state index in [1.807, 2.05) is 0 Å². The van der Waals surface area contributed by atoms with Crippen LogP contribution in [-0.4, -0.2) is 51.8 Å². The maximum absolute atomic E-state index is 12.3. The molecule has 0 radical (unpaired) electrons. The summed E-state index contributed by atoms with van der Waals surface area (Å²) in [6, 6.07) is 4.48. The molecule has 0 aromatic heterocycles. The number of piperidine rings is 1. The average Bonchev–Trinajstić information content (AvgIpc) is 2.98. The van der Waals surface area contributed by atoms with Crippen molar-refractivity contribution in [2.75, 3.05) is 32.4 Å². The summed E-state index contributed by atoms with van der Waals surface area (Å²) in [4.78, 5) is 14.1. The molecule has 2 heterocycles. The van der Waals surface area contributed by atoms with Crippen molar-refractivity contribution in [3.05, 3.63) is 28.8 Å². The normalized spacial score (nSPS) is 23.8. The molecule has 0 unspecified atom stereocenters. The predicted octanol–water partition coefficient (Wildman–Crippen LogP) is 1.92. The van der Waals surface area contributed by atoms with E-state index in [0.717, 1.165) is 25.8 Å². The van der Waals surface area contributed by atoms with Crippen LogP contribution in [0.4, 0.5) is 4.79 Å². The van der Waals surface area contributed by atoms with Gasteiger partial charge in [0, 0.05) is 24.4 Å². The number of nitrogens with one attached hydrogen (secondary N) is 1. The second-order valence-corrected chi connectivity index (χ2v) is 8.99. The first-order valence-electron chi connectivity index (χ1n) is 7.95. The Morgan fingerprint density at radius 2 is 2.08 bits per heavy atom. The zero-order valence-corrected chi connectivity index (χ0v) is 15.1. The van der Waals surface area contributed by atoms with E-state index in [1.165, 1.54) is 12.1 Å². The summed E-state index contributed by atoms with van der Waals surface area (Å²) < 4.78 is 28.6. The number of rotatable bonds is 3. The van der Waals surface area contributed by atoms with Crippen molar-refractivity contribution in [1.29, 1.82) is 0 Å². The minimum atomic E-state index is -3.36. The molecule has 2 saturated heterocycles. The molecule has 0 saturated carbocycles. The van der Waals surface area contributed by atoms with E-state index in [0.29, 0.717) is 35.5 Å². The Morgan fingerprint density at radius 3 is 2.83 bits per heavy atom. The molecule has 6 nitrogen and oxygen atoms in total. The van der Waals surface area contributed by atoms with Gasteiger partial charge < -0.3 is 15.0 Å². The van der Waals surface area contributed by atoms with E-state index in [-0.39, 0.29) is 17.6 Å². The van der Waals surface area contributed by atoms with Gasteiger partial charge in [0.05, 0.1) is 4.90 Å². The maximum atomic E-state index is 12.3. The van der Waals surface area contributed by atoms with Gasteiger partial charge >= 0.3 is 6.09 Å². The van der Waals surface area contributed by atoms with E-state index >= 15 is 0 Å². The highest BCUT2D eigenvalue weighted by Crippen LogP contribution is 2.27. The Kier molecular flexibility index (Phi) is 5.03. The third kappa shape index (κ3) is 4.02. The molecule has 2 atom stereocenters. The number of benzene rings is 1. The lowest BCUT2D eigenvalue weighted by atomic mass is 9.89. The summed E-state index contributed by atoms with van der Waals surface area (Å²) in [6.45, 7) is 3.39. The molecule has 0 spiro atoms.